The molecule has 0 saturated carbocycles. The second-order valence-corrected chi connectivity index (χ2v) is 5.92. The van der Waals surface area contributed by atoms with E-state index in [1.807, 2.05) is 0 Å². The van der Waals surface area contributed by atoms with Gasteiger partial charge in [0.15, 0.2) is 17.4 Å². The van der Waals surface area contributed by atoms with Gasteiger partial charge in [0.2, 0.25) is 0 Å². The standard InChI is InChI=1S/C20H15F4NO/c1-11-8-17(26)19(24)20(18(11)23)25(2)16-10-13(6-7-15(16)22)12-4-3-5-14(21)9-12/h3-10,26H,1-2H3. The Hall–Kier alpha value is -3.02. The number of rotatable bonds is 3. The molecule has 134 valence electrons. The summed E-state index contributed by atoms with van der Waals surface area (Å²) < 4.78 is 56.5. The number of benzene rings is 3. The predicted octanol–water partition coefficient (Wildman–Crippen LogP) is 5.69. The summed E-state index contributed by atoms with van der Waals surface area (Å²) in [5.41, 5.74) is 0.304. The van der Waals surface area contributed by atoms with Crippen LogP contribution in [0.25, 0.3) is 11.1 Å². The molecule has 0 aromatic heterocycles. The van der Waals surface area contributed by atoms with Gasteiger partial charge in [0.05, 0.1) is 5.69 Å². The van der Waals surface area contributed by atoms with Crippen LogP contribution in [0, 0.1) is 30.2 Å². The Morgan fingerprint density at radius 1 is 0.846 bits per heavy atom. The highest BCUT2D eigenvalue weighted by molar-refractivity contribution is 5.73. The first-order valence-corrected chi connectivity index (χ1v) is 7.76. The van der Waals surface area contributed by atoms with Crippen LogP contribution < -0.4 is 4.90 Å². The molecule has 1 N–H and O–H groups in total. The van der Waals surface area contributed by atoms with Gasteiger partial charge >= 0.3 is 0 Å². The van der Waals surface area contributed by atoms with Gasteiger partial charge in [-0.2, -0.15) is 0 Å². The number of anilines is 2. The van der Waals surface area contributed by atoms with Crippen LogP contribution in [0.4, 0.5) is 28.9 Å². The molecule has 0 heterocycles. The quantitative estimate of drug-likeness (QED) is 0.606. The number of phenolic OH excluding ortho intramolecular Hbond substituents is 1. The molecule has 0 amide bonds. The molecule has 0 unspecified atom stereocenters. The molecule has 3 aromatic carbocycles. The van der Waals surface area contributed by atoms with E-state index in [2.05, 4.69) is 0 Å². The summed E-state index contributed by atoms with van der Waals surface area (Å²) in [5, 5.41) is 9.63. The smallest absolute Gasteiger partial charge is 0.191 e. The molecule has 0 aliphatic carbocycles. The Balaban J connectivity index is 2.14. The van der Waals surface area contributed by atoms with Crippen LogP contribution >= 0.6 is 0 Å². The lowest BCUT2D eigenvalue weighted by Gasteiger charge is -2.23. The summed E-state index contributed by atoms with van der Waals surface area (Å²) in [6.07, 6.45) is 0. The van der Waals surface area contributed by atoms with Gasteiger partial charge in [-0.25, -0.2) is 17.6 Å². The number of aromatic hydroxyl groups is 1. The monoisotopic (exact) mass is 361 g/mol. The molecule has 0 bridgehead atoms. The third-order valence-electron chi connectivity index (χ3n) is 4.14. The van der Waals surface area contributed by atoms with Gasteiger partial charge in [-0.1, -0.05) is 18.2 Å². The first kappa shape index (κ1) is 17.8. The number of hydrogen-bond donors (Lipinski definition) is 1. The van der Waals surface area contributed by atoms with E-state index in [1.54, 1.807) is 6.07 Å². The summed E-state index contributed by atoms with van der Waals surface area (Å²) in [6, 6.07) is 10.6. The Labute approximate surface area is 147 Å². The number of nitrogens with zero attached hydrogens (tertiary/aromatic N) is 1. The van der Waals surface area contributed by atoms with Gasteiger partial charge < -0.3 is 10.0 Å². The fourth-order valence-corrected chi connectivity index (χ4v) is 2.77. The van der Waals surface area contributed by atoms with Crippen molar-refractivity contribution in [3.05, 3.63) is 77.4 Å². The molecule has 6 heteroatoms. The minimum Gasteiger partial charge on any atom is -0.505 e. The van der Waals surface area contributed by atoms with Crippen molar-refractivity contribution in [1.82, 2.24) is 0 Å². The van der Waals surface area contributed by atoms with Crippen LogP contribution in [0.15, 0.2) is 48.5 Å². The number of halogens is 4. The van der Waals surface area contributed by atoms with Crippen LogP contribution in [0.3, 0.4) is 0 Å². The second kappa shape index (κ2) is 6.71. The molecule has 0 fully saturated rings. The van der Waals surface area contributed by atoms with Crippen molar-refractivity contribution in [3.63, 3.8) is 0 Å². The van der Waals surface area contributed by atoms with E-state index in [1.165, 1.54) is 44.3 Å². The number of hydrogen-bond acceptors (Lipinski definition) is 2. The van der Waals surface area contributed by atoms with E-state index in [-0.39, 0.29) is 11.3 Å². The zero-order valence-electron chi connectivity index (χ0n) is 14.0. The topological polar surface area (TPSA) is 23.5 Å². The maximum Gasteiger partial charge on any atom is 0.191 e. The van der Waals surface area contributed by atoms with Crippen molar-refractivity contribution in [2.75, 3.05) is 11.9 Å². The van der Waals surface area contributed by atoms with E-state index in [4.69, 9.17) is 0 Å². The SMILES string of the molecule is Cc1cc(O)c(F)c(N(C)c2cc(-c3cccc(F)c3)ccc2F)c1F. The van der Waals surface area contributed by atoms with Gasteiger partial charge in [-0.15, -0.1) is 0 Å². The van der Waals surface area contributed by atoms with Crippen LogP contribution in [-0.2, 0) is 0 Å². The lowest BCUT2D eigenvalue weighted by Crippen LogP contribution is -2.15. The predicted molar refractivity (Wildman–Crippen MR) is 92.6 cm³/mol. The summed E-state index contributed by atoms with van der Waals surface area (Å²) in [5.74, 6) is -3.99. The third kappa shape index (κ3) is 3.10. The van der Waals surface area contributed by atoms with Crippen LogP contribution in [-0.4, -0.2) is 12.2 Å². The van der Waals surface area contributed by atoms with E-state index >= 15 is 0 Å². The van der Waals surface area contributed by atoms with Crippen LogP contribution in [0.5, 0.6) is 5.75 Å². The maximum atomic E-state index is 14.4. The molecule has 3 aromatic rings. The van der Waals surface area contributed by atoms with E-state index in [0.29, 0.717) is 11.1 Å². The molecule has 0 spiro atoms. The molecule has 26 heavy (non-hydrogen) atoms. The van der Waals surface area contributed by atoms with Gasteiger partial charge in [0, 0.05) is 7.05 Å². The van der Waals surface area contributed by atoms with Crippen molar-refractivity contribution in [2.45, 2.75) is 6.92 Å². The fraction of sp³-hybridized carbons (Fsp3) is 0.100. The van der Waals surface area contributed by atoms with Crippen molar-refractivity contribution in [1.29, 1.82) is 0 Å². The average Bonchev–Trinajstić information content (AvgIpc) is 2.60. The molecule has 0 aliphatic rings. The van der Waals surface area contributed by atoms with Crippen molar-refractivity contribution < 1.29 is 22.7 Å². The van der Waals surface area contributed by atoms with Crippen molar-refractivity contribution >= 4 is 11.4 Å². The highest BCUT2D eigenvalue weighted by Crippen LogP contribution is 2.37. The number of aryl methyl sites for hydroxylation is 1. The van der Waals surface area contributed by atoms with Gasteiger partial charge in [-0.3, -0.25) is 0 Å². The molecule has 0 radical (unpaired) electrons. The summed E-state index contributed by atoms with van der Waals surface area (Å²) in [4.78, 5) is 0.982. The van der Waals surface area contributed by atoms with Gasteiger partial charge in [-0.05, 0) is 53.9 Å². The summed E-state index contributed by atoms with van der Waals surface area (Å²) in [7, 11) is 1.29. The molecule has 0 aliphatic heterocycles. The Morgan fingerprint density at radius 2 is 1.54 bits per heavy atom. The Kier molecular flexibility index (Phi) is 4.59. The average molecular weight is 361 g/mol. The molecular formula is C20H15F4NO. The normalized spacial score (nSPS) is 10.8. The van der Waals surface area contributed by atoms with Gasteiger partial charge in [0.25, 0.3) is 0 Å². The maximum absolute atomic E-state index is 14.4. The Morgan fingerprint density at radius 3 is 2.23 bits per heavy atom. The van der Waals surface area contributed by atoms with Crippen LogP contribution in [0.2, 0.25) is 0 Å². The summed E-state index contributed by atoms with van der Waals surface area (Å²) >= 11 is 0. The van der Waals surface area contributed by atoms with Gasteiger partial charge in [0.1, 0.15) is 17.3 Å². The molecule has 3 rings (SSSR count). The van der Waals surface area contributed by atoms with E-state index < -0.39 is 34.7 Å². The van der Waals surface area contributed by atoms with Crippen molar-refractivity contribution in [2.24, 2.45) is 0 Å². The third-order valence-corrected chi connectivity index (χ3v) is 4.14. The minimum absolute atomic E-state index is 0.0208. The zero-order valence-corrected chi connectivity index (χ0v) is 14.0. The first-order valence-electron chi connectivity index (χ1n) is 7.76. The largest absolute Gasteiger partial charge is 0.505 e. The highest BCUT2D eigenvalue weighted by atomic mass is 19.1. The molecule has 2 nitrogen and oxygen atoms in total. The lowest BCUT2D eigenvalue weighted by atomic mass is 10.0. The van der Waals surface area contributed by atoms with Crippen molar-refractivity contribution in [3.8, 4) is 16.9 Å². The summed E-state index contributed by atoms with van der Waals surface area (Å²) in [6.45, 7) is 1.37. The lowest BCUT2D eigenvalue weighted by molar-refractivity contribution is 0.427. The number of phenols is 1. The molecule has 0 atom stereocenters. The van der Waals surface area contributed by atoms with E-state index in [9.17, 15) is 22.7 Å². The molecular weight excluding hydrogens is 346 g/mol. The Bertz CT molecular complexity index is 962. The molecule has 0 saturated heterocycles. The van der Waals surface area contributed by atoms with Crippen LogP contribution in [0.1, 0.15) is 5.56 Å². The minimum atomic E-state index is -1.19. The second-order valence-electron chi connectivity index (χ2n) is 5.92. The highest BCUT2D eigenvalue weighted by Gasteiger charge is 2.23. The van der Waals surface area contributed by atoms with E-state index in [0.717, 1.165) is 17.0 Å². The zero-order chi connectivity index (χ0) is 19.0. The first-order chi connectivity index (χ1) is 12.3. The fourth-order valence-electron chi connectivity index (χ4n) is 2.77.